The van der Waals surface area contributed by atoms with Gasteiger partial charge in [-0.15, -0.1) is 0 Å². The quantitative estimate of drug-likeness (QED) is 0.253. The van der Waals surface area contributed by atoms with Crippen molar-refractivity contribution in [3.63, 3.8) is 0 Å². The second-order valence-electron chi connectivity index (χ2n) is 10.1. The maximum atomic E-state index is 13.9. The molecular formula is C31H31N5O3S. The lowest BCUT2D eigenvalue weighted by Gasteiger charge is -2.24. The van der Waals surface area contributed by atoms with Gasteiger partial charge in [0.1, 0.15) is 10.7 Å². The normalized spacial score (nSPS) is 11.8. The Hall–Kier alpha value is -4.34. The Balaban J connectivity index is 1.48. The first-order chi connectivity index (χ1) is 19.2. The molecule has 0 spiro atoms. The van der Waals surface area contributed by atoms with Crippen molar-refractivity contribution in [3.8, 4) is 16.9 Å². The summed E-state index contributed by atoms with van der Waals surface area (Å²) in [6.07, 6.45) is 1.57. The molecule has 0 bridgehead atoms. The molecule has 0 saturated heterocycles. The molecule has 0 aliphatic rings. The molecule has 0 saturated carbocycles. The van der Waals surface area contributed by atoms with Crippen LogP contribution in [0.4, 0.5) is 5.82 Å². The molecule has 2 aromatic heterocycles. The lowest BCUT2D eigenvalue weighted by molar-refractivity contribution is -0.116. The highest BCUT2D eigenvalue weighted by molar-refractivity contribution is 7.89. The molecule has 40 heavy (non-hydrogen) atoms. The Morgan fingerprint density at radius 1 is 0.950 bits per heavy atom. The Bertz CT molecular complexity index is 1740. The van der Waals surface area contributed by atoms with Crippen molar-refractivity contribution in [2.24, 2.45) is 5.92 Å². The SMILES string of the molecule is Cc1ccc(-n2nc(-c3ccccc3)cc2NC(=O)CN(CC(C)C)S(=O)(=O)c2cccc3cccnc23)cc1. The zero-order valence-electron chi connectivity index (χ0n) is 22.7. The molecule has 0 aliphatic carbocycles. The van der Waals surface area contributed by atoms with Crippen LogP contribution in [0.25, 0.3) is 27.8 Å². The van der Waals surface area contributed by atoms with E-state index in [2.05, 4.69) is 10.3 Å². The van der Waals surface area contributed by atoms with E-state index < -0.39 is 15.9 Å². The fourth-order valence-electron chi connectivity index (χ4n) is 4.52. The van der Waals surface area contributed by atoms with Crippen molar-refractivity contribution < 1.29 is 13.2 Å². The summed E-state index contributed by atoms with van der Waals surface area (Å²) in [6.45, 7) is 5.65. The minimum atomic E-state index is -4.03. The zero-order valence-corrected chi connectivity index (χ0v) is 23.5. The molecule has 9 heteroatoms. The Morgan fingerprint density at radius 3 is 2.40 bits per heavy atom. The third kappa shape index (κ3) is 5.80. The molecule has 2 heterocycles. The minimum Gasteiger partial charge on any atom is -0.309 e. The van der Waals surface area contributed by atoms with Gasteiger partial charge in [0.2, 0.25) is 15.9 Å². The molecule has 0 fully saturated rings. The van der Waals surface area contributed by atoms with Gasteiger partial charge in [-0.2, -0.15) is 9.40 Å². The smallest absolute Gasteiger partial charge is 0.245 e. The van der Waals surface area contributed by atoms with Crippen LogP contribution in [0, 0.1) is 12.8 Å². The van der Waals surface area contributed by atoms with Gasteiger partial charge in [0, 0.05) is 29.8 Å². The number of anilines is 1. The number of fused-ring (bicyclic) bond motifs is 1. The molecule has 1 amide bonds. The Morgan fingerprint density at radius 2 is 1.68 bits per heavy atom. The van der Waals surface area contributed by atoms with Crippen LogP contribution in [-0.2, 0) is 14.8 Å². The molecule has 0 atom stereocenters. The third-order valence-electron chi connectivity index (χ3n) is 6.43. The average molecular weight is 554 g/mol. The Kier molecular flexibility index (Phi) is 7.77. The fourth-order valence-corrected chi connectivity index (χ4v) is 6.25. The molecule has 1 N–H and O–H groups in total. The van der Waals surface area contributed by atoms with E-state index in [9.17, 15) is 13.2 Å². The number of carbonyl (C=O) groups is 1. The molecule has 0 unspecified atom stereocenters. The minimum absolute atomic E-state index is 0.00622. The van der Waals surface area contributed by atoms with Crippen LogP contribution in [0.3, 0.4) is 0 Å². The number of nitrogens with zero attached hydrogens (tertiary/aromatic N) is 4. The fraction of sp³-hybridized carbons (Fsp3) is 0.194. The summed E-state index contributed by atoms with van der Waals surface area (Å²) in [5.41, 5.74) is 3.84. The first-order valence-electron chi connectivity index (χ1n) is 13.1. The molecule has 8 nitrogen and oxygen atoms in total. The molecule has 5 rings (SSSR count). The summed E-state index contributed by atoms with van der Waals surface area (Å²) in [7, 11) is -4.03. The van der Waals surface area contributed by atoms with E-state index in [1.54, 1.807) is 29.1 Å². The number of carbonyl (C=O) groups excluding carboxylic acids is 1. The number of pyridine rings is 1. The van der Waals surface area contributed by atoms with Crippen LogP contribution in [-0.4, -0.2) is 46.5 Å². The Labute approximate surface area is 234 Å². The van der Waals surface area contributed by atoms with Gasteiger partial charge in [0.25, 0.3) is 0 Å². The zero-order chi connectivity index (χ0) is 28.3. The van der Waals surface area contributed by atoms with E-state index in [1.165, 1.54) is 10.4 Å². The van der Waals surface area contributed by atoms with Gasteiger partial charge < -0.3 is 5.32 Å². The largest absolute Gasteiger partial charge is 0.309 e. The summed E-state index contributed by atoms with van der Waals surface area (Å²) in [5, 5.41) is 8.39. The van der Waals surface area contributed by atoms with Gasteiger partial charge >= 0.3 is 0 Å². The summed E-state index contributed by atoms with van der Waals surface area (Å²) < 4.78 is 30.6. The summed E-state index contributed by atoms with van der Waals surface area (Å²) in [4.78, 5) is 17.9. The van der Waals surface area contributed by atoms with Gasteiger partial charge in [-0.3, -0.25) is 9.78 Å². The number of para-hydroxylation sites is 1. The monoisotopic (exact) mass is 553 g/mol. The van der Waals surface area contributed by atoms with Gasteiger partial charge in [-0.25, -0.2) is 13.1 Å². The van der Waals surface area contributed by atoms with Crippen molar-refractivity contribution in [2.45, 2.75) is 25.7 Å². The molecule has 0 radical (unpaired) electrons. The van der Waals surface area contributed by atoms with Crippen LogP contribution in [0.1, 0.15) is 19.4 Å². The van der Waals surface area contributed by atoms with E-state index >= 15 is 0 Å². The number of aromatic nitrogens is 3. The molecule has 204 valence electrons. The standard InChI is InChI=1S/C31H31N5O3S/c1-22(2)20-35(40(38,39)28-13-7-11-25-12-8-18-32-31(25)28)21-30(37)33-29-19-27(24-9-5-4-6-10-24)34-36(29)26-16-14-23(3)15-17-26/h4-19,22H,20-21H2,1-3H3,(H,33,37). The van der Waals surface area contributed by atoms with Crippen molar-refractivity contribution >= 4 is 32.7 Å². The number of hydrogen-bond acceptors (Lipinski definition) is 5. The first kappa shape index (κ1) is 27.2. The molecular weight excluding hydrogens is 522 g/mol. The van der Waals surface area contributed by atoms with E-state index in [0.717, 1.165) is 16.8 Å². The first-order valence-corrected chi connectivity index (χ1v) is 14.5. The van der Waals surface area contributed by atoms with Crippen LogP contribution in [0.15, 0.2) is 102 Å². The van der Waals surface area contributed by atoms with Crippen molar-refractivity contribution in [1.82, 2.24) is 19.1 Å². The number of aryl methyl sites for hydroxylation is 1. The maximum absolute atomic E-state index is 13.9. The lowest BCUT2D eigenvalue weighted by Crippen LogP contribution is -2.40. The maximum Gasteiger partial charge on any atom is 0.245 e. The highest BCUT2D eigenvalue weighted by Gasteiger charge is 2.30. The summed E-state index contributed by atoms with van der Waals surface area (Å²) >= 11 is 0. The second-order valence-corrected chi connectivity index (χ2v) is 12.0. The second kappa shape index (κ2) is 11.4. The predicted octanol–water partition coefficient (Wildman–Crippen LogP) is 5.68. The number of amides is 1. The number of benzene rings is 3. The van der Waals surface area contributed by atoms with Crippen LogP contribution in [0.5, 0.6) is 0 Å². The lowest BCUT2D eigenvalue weighted by atomic mass is 10.1. The van der Waals surface area contributed by atoms with Gasteiger partial charge in [0.15, 0.2) is 0 Å². The van der Waals surface area contributed by atoms with Gasteiger partial charge in [-0.1, -0.05) is 80.1 Å². The van der Waals surface area contributed by atoms with Crippen molar-refractivity contribution in [1.29, 1.82) is 0 Å². The average Bonchev–Trinajstić information content (AvgIpc) is 3.36. The van der Waals surface area contributed by atoms with E-state index in [-0.39, 0.29) is 23.9 Å². The van der Waals surface area contributed by atoms with E-state index in [0.29, 0.717) is 22.4 Å². The highest BCUT2D eigenvalue weighted by Crippen LogP contribution is 2.27. The molecule has 3 aromatic carbocycles. The van der Waals surface area contributed by atoms with Crippen LogP contribution >= 0.6 is 0 Å². The predicted molar refractivity (Wildman–Crippen MR) is 158 cm³/mol. The molecule has 5 aromatic rings. The topological polar surface area (TPSA) is 97.2 Å². The number of sulfonamides is 1. The summed E-state index contributed by atoms with van der Waals surface area (Å²) in [6, 6.07) is 27.9. The van der Waals surface area contributed by atoms with Crippen molar-refractivity contribution in [3.05, 3.63) is 103 Å². The molecule has 0 aliphatic heterocycles. The number of hydrogen-bond donors (Lipinski definition) is 1. The van der Waals surface area contributed by atoms with Crippen LogP contribution < -0.4 is 5.32 Å². The van der Waals surface area contributed by atoms with Gasteiger partial charge in [-0.05, 0) is 37.1 Å². The van der Waals surface area contributed by atoms with Crippen LogP contribution in [0.2, 0.25) is 0 Å². The van der Waals surface area contributed by atoms with Crippen molar-refractivity contribution in [2.75, 3.05) is 18.4 Å². The third-order valence-corrected chi connectivity index (χ3v) is 8.27. The highest BCUT2D eigenvalue weighted by atomic mass is 32.2. The van der Waals surface area contributed by atoms with Gasteiger partial charge in [0.05, 0.1) is 23.4 Å². The van der Waals surface area contributed by atoms with E-state index in [1.807, 2.05) is 87.5 Å². The summed E-state index contributed by atoms with van der Waals surface area (Å²) in [5.74, 6) is -0.0278. The number of nitrogens with one attached hydrogen (secondary N) is 1. The van der Waals surface area contributed by atoms with E-state index in [4.69, 9.17) is 5.10 Å². The number of rotatable bonds is 9.